The molecule has 8 heteroatoms. The van der Waals surface area contributed by atoms with Crippen LogP contribution in [0.3, 0.4) is 0 Å². The Balaban J connectivity index is 2.54. The Morgan fingerprint density at radius 2 is 2.20 bits per heavy atom. The van der Waals surface area contributed by atoms with Gasteiger partial charge >= 0.3 is 0 Å². The third kappa shape index (κ3) is 5.70. The molecular formula is C12H22N4O3S. The summed E-state index contributed by atoms with van der Waals surface area (Å²) < 4.78 is 26.0. The molecule has 1 aromatic rings. The summed E-state index contributed by atoms with van der Waals surface area (Å²) in [4.78, 5) is 16.1. The van der Waals surface area contributed by atoms with Crippen LogP contribution in [0.1, 0.15) is 38.1 Å². The largest absolute Gasteiger partial charge is 0.346 e. The van der Waals surface area contributed by atoms with Crippen molar-refractivity contribution in [3.63, 3.8) is 0 Å². The number of nitrogens with zero attached hydrogens (tertiary/aromatic N) is 2. The Morgan fingerprint density at radius 3 is 2.70 bits per heavy atom. The van der Waals surface area contributed by atoms with Gasteiger partial charge < -0.3 is 9.88 Å². The maximum atomic E-state index is 11.8. The first-order valence-electron chi connectivity index (χ1n) is 6.54. The maximum absolute atomic E-state index is 11.8. The molecule has 0 aliphatic rings. The van der Waals surface area contributed by atoms with Gasteiger partial charge in [0.2, 0.25) is 15.9 Å². The van der Waals surface area contributed by atoms with Crippen LogP contribution < -0.4 is 10.0 Å². The number of carbonyl (C=O) groups is 1. The highest BCUT2D eigenvalue weighted by atomic mass is 32.2. The third-order valence-corrected chi connectivity index (χ3v) is 3.53. The van der Waals surface area contributed by atoms with E-state index in [0.29, 0.717) is 0 Å². The lowest BCUT2D eigenvalue weighted by molar-refractivity contribution is -0.121. The van der Waals surface area contributed by atoms with E-state index in [9.17, 15) is 13.2 Å². The van der Waals surface area contributed by atoms with Gasteiger partial charge in [0.15, 0.2) is 0 Å². The molecule has 2 N–H and O–H groups in total. The fraction of sp³-hybridized carbons (Fsp3) is 0.667. The molecule has 0 aliphatic carbocycles. The Labute approximate surface area is 119 Å². The van der Waals surface area contributed by atoms with Crippen molar-refractivity contribution >= 4 is 15.9 Å². The molecule has 0 saturated carbocycles. The summed E-state index contributed by atoms with van der Waals surface area (Å²) in [7, 11) is -1.38. The van der Waals surface area contributed by atoms with Gasteiger partial charge in [-0.1, -0.05) is 13.3 Å². The van der Waals surface area contributed by atoms with Crippen molar-refractivity contribution in [1.82, 2.24) is 19.6 Å². The van der Waals surface area contributed by atoms with Crippen LogP contribution in [-0.4, -0.2) is 36.7 Å². The predicted octanol–water partition coefficient (Wildman–Crippen LogP) is 0.317. The fourth-order valence-corrected chi connectivity index (χ4v) is 2.36. The van der Waals surface area contributed by atoms with Gasteiger partial charge in [0.25, 0.3) is 0 Å². The highest BCUT2D eigenvalue weighted by Gasteiger charge is 2.17. The van der Waals surface area contributed by atoms with E-state index in [1.165, 1.54) is 0 Å². The summed E-state index contributed by atoms with van der Waals surface area (Å²) in [6.45, 7) is 2.14. The van der Waals surface area contributed by atoms with Gasteiger partial charge in [-0.25, -0.2) is 18.1 Å². The molecule has 0 spiro atoms. The molecule has 20 heavy (non-hydrogen) atoms. The molecule has 7 nitrogen and oxygen atoms in total. The topological polar surface area (TPSA) is 93.1 Å². The number of nitrogens with one attached hydrogen (secondary N) is 2. The fourth-order valence-electron chi connectivity index (χ4n) is 1.88. The quantitative estimate of drug-likeness (QED) is 0.723. The van der Waals surface area contributed by atoms with Crippen LogP contribution in [-0.2, 0) is 21.9 Å². The van der Waals surface area contributed by atoms with Crippen LogP contribution in [0.2, 0.25) is 0 Å². The van der Waals surface area contributed by atoms with E-state index in [1.807, 2.05) is 24.7 Å². The smallest absolute Gasteiger partial charge is 0.221 e. The van der Waals surface area contributed by atoms with Crippen molar-refractivity contribution in [1.29, 1.82) is 0 Å². The summed E-state index contributed by atoms with van der Waals surface area (Å²) in [6, 6.07) is -0.147. The summed E-state index contributed by atoms with van der Waals surface area (Å²) in [5, 5.41) is 2.89. The van der Waals surface area contributed by atoms with Crippen LogP contribution in [0, 0.1) is 0 Å². The first-order valence-corrected chi connectivity index (χ1v) is 8.44. The Hall–Kier alpha value is -1.41. The second-order valence-electron chi connectivity index (χ2n) is 4.72. The number of amides is 1. The summed E-state index contributed by atoms with van der Waals surface area (Å²) in [5.41, 5.74) is 0. The van der Waals surface area contributed by atoms with Gasteiger partial charge in [-0.3, -0.25) is 4.79 Å². The first kappa shape index (κ1) is 16.6. The molecule has 114 valence electrons. The van der Waals surface area contributed by atoms with Crippen LogP contribution in [0.4, 0.5) is 0 Å². The lowest BCUT2D eigenvalue weighted by Crippen LogP contribution is -2.33. The molecule has 0 fully saturated rings. The van der Waals surface area contributed by atoms with E-state index in [2.05, 4.69) is 15.0 Å². The molecule has 0 aliphatic heterocycles. The first-order chi connectivity index (χ1) is 9.33. The van der Waals surface area contributed by atoms with E-state index in [4.69, 9.17) is 0 Å². The molecule has 1 amide bonds. The second-order valence-corrected chi connectivity index (χ2v) is 6.55. The molecule has 0 saturated heterocycles. The Bertz CT molecular complexity index is 539. The Kier molecular flexibility index (Phi) is 6.15. The number of aryl methyl sites for hydroxylation is 1. The van der Waals surface area contributed by atoms with Gasteiger partial charge in [0.05, 0.1) is 12.3 Å². The minimum Gasteiger partial charge on any atom is -0.346 e. The van der Waals surface area contributed by atoms with Gasteiger partial charge in [0, 0.05) is 32.4 Å². The molecule has 1 heterocycles. The predicted molar refractivity (Wildman–Crippen MR) is 76.5 cm³/mol. The van der Waals surface area contributed by atoms with Crippen molar-refractivity contribution < 1.29 is 13.2 Å². The molecular weight excluding hydrogens is 280 g/mol. The van der Waals surface area contributed by atoms with Crippen molar-refractivity contribution in [2.45, 2.75) is 32.2 Å². The molecule has 0 aromatic carbocycles. The molecule has 0 unspecified atom stereocenters. The SMILES string of the molecule is CCC[C@H](NC(=O)CCNS(C)(=O)=O)c1nccn1C. The average molecular weight is 302 g/mol. The zero-order valence-electron chi connectivity index (χ0n) is 12.1. The highest BCUT2D eigenvalue weighted by Crippen LogP contribution is 2.16. The molecule has 1 aromatic heterocycles. The number of carbonyl (C=O) groups excluding carboxylic acids is 1. The summed E-state index contributed by atoms with van der Waals surface area (Å²) >= 11 is 0. The lowest BCUT2D eigenvalue weighted by Gasteiger charge is -2.18. The van der Waals surface area contributed by atoms with Crippen molar-refractivity contribution in [2.75, 3.05) is 12.8 Å². The minimum absolute atomic E-state index is 0.101. The molecule has 1 rings (SSSR count). The Morgan fingerprint density at radius 1 is 1.50 bits per heavy atom. The van der Waals surface area contributed by atoms with Crippen LogP contribution in [0.25, 0.3) is 0 Å². The summed E-state index contributed by atoms with van der Waals surface area (Å²) in [6.07, 6.45) is 6.40. The molecule has 0 radical (unpaired) electrons. The standard InChI is InChI=1S/C12H22N4O3S/c1-4-5-10(12-13-8-9-16(12)2)15-11(17)6-7-14-20(3,18)19/h8-10,14H,4-7H2,1-3H3,(H,15,17)/t10-/m0/s1. The van der Waals surface area contributed by atoms with E-state index in [-0.39, 0.29) is 24.9 Å². The number of imidazole rings is 1. The van der Waals surface area contributed by atoms with Gasteiger partial charge in [-0.15, -0.1) is 0 Å². The van der Waals surface area contributed by atoms with Crippen LogP contribution >= 0.6 is 0 Å². The zero-order valence-corrected chi connectivity index (χ0v) is 12.9. The summed E-state index contributed by atoms with van der Waals surface area (Å²) in [5.74, 6) is 0.610. The van der Waals surface area contributed by atoms with Gasteiger partial charge in [0.1, 0.15) is 5.82 Å². The van der Waals surface area contributed by atoms with Crippen LogP contribution in [0.15, 0.2) is 12.4 Å². The number of sulfonamides is 1. The van der Waals surface area contributed by atoms with E-state index < -0.39 is 10.0 Å². The van der Waals surface area contributed by atoms with Crippen molar-refractivity contribution in [2.24, 2.45) is 7.05 Å². The number of hydrogen-bond acceptors (Lipinski definition) is 4. The maximum Gasteiger partial charge on any atom is 0.221 e. The average Bonchev–Trinajstić information content (AvgIpc) is 2.73. The van der Waals surface area contributed by atoms with Crippen LogP contribution in [0.5, 0.6) is 0 Å². The van der Waals surface area contributed by atoms with E-state index >= 15 is 0 Å². The van der Waals surface area contributed by atoms with E-state index in [0.717, 1.165) is 24.9 Å². The number of rotatable bonds is 8. The van der Waals surface area contributed by atoms with E-state index in [1.54, 1.807) is 6.20 Å². The van der Waals surface area contributed by atoms with Gasteiger partial charge in [-0.2, -0.15) is 0 Å². The van der Waals surface area contributed by atoms with Gasteiger partial charge in [-0.05, 0) is 6.42 Å². The number of aromatic nitrogens is 2. The monoisotopic (exact) mass is 302 g/mol. The highest BCUT2D eigenvalue weighted by molar-refractivity contribution is 7.88. The minimum atomic E-state index is -3.25. The molecule has 1 atom stereocenters. The normalized spacial score (nSPS) is 13.2. The number of hydrogen-bond donors (Lipinski definition) is 2. The van der Waals surface area contributed by atoms with Crippen molar-refractivity contribution in [3.8, 4) is 0 Å². The second kappa shape index (κ2) is 7.39. The van der Waals surface area contributed by atoms with Crippen molar-refractivity contribution in [3.05, 3.63) is 18.2 Å². The third-order valence-electron chi connectivity index (χ3n) is 2.80. The molecule has 0 bridgehead atoms. The zero-order chi connectivity index (χ0) is 15.2. The lowest BCUT2D eigenvalue weighted by atomic mass is 10.1.